The van der Waals surface area contributed by atoms with E-state index in [1.807, 2.05) is 44.2 Å². The highest BCUT2D eigenvalue weighted by Gasteiger charge is 2.32. The number of hydrogen-bond donors (Lipinski definition) is 4. The minimum absolute atomic E-state index is 0.107. The Hall–Kier alpha value is -1.49. The number of nitrogens with one attached hydrogen (secondary N) is 1. The molecule has 1 rings (SSSR count). The van der Waals surface area contributed by atoms with Crippen molar-refractivity contribution in [3.05, 3.63) is 35.9 Å². The van der Waals surface area contributed by atoms with Gasteiger partial charge in [-0.25, -0.2) is 4.79 Å². The molecule has 4 N–H and O–H groups in total. The number of aliphatic carboxylic acids is 1. The lowest BCUT2D eigenvalue weighted by molar-refractivity contribution is -0.143. The molecule has 3 unspecified atom stereocenters. The smallest absolute Gasteiger partial charge is 0.326 e. The van der Waals surface area contributed by atoms with Gasteiger partial charge >= 0.3 is 5.97 Å². The topological polar surface area (TPSA) is 107 Å². The van der Waals surface area contributed by atoms with E-state index in [0.717, 1.165) is 5.56 Å². The summed E-state index contributed by atoms with van der Waals surface area (Å²) < 4.78 is 0. The molecule has 0 aliphatic carbocycles. The number of carboxylic acids is 1. The molecule has 0 aromatic heterocycles. The van der Waals surface area contributed by atoms with Gasteiger partial charge < -0.3 is 20.4 Å². The van der Waals surface area contributed by atoms with Crippen molar-refractivity contribution in [2.24, 2.45) is 11.8 Å². The Kier molecular flexibility index (Phi) is 9.04. The molecule has 1 aromatic rings. The first-order chi connectivity index (χ1) is 11.7. The zero-order chi connectivity index (χ0) is 19.0. The molecular weight excluding hydrogens is 341 g/mol. The van der Waals surface area contributed by atoms with Crippen molar-refractivity contribution >= 4 is 20.0 Å². The summed E-state index contributed by atoms with van der Waals surface area (Å²) in [5, 5.41) is 22.0. The van der Waals surface area contributed by atoms with Crippen LogP contribution in [0.15, 0.2) is 30.3 Å². The van der Waals surface area contributed by atoms with E-state index in [1.54, 1.807) is 0 Å². The Morgan fingerprint density at radius 2 is 1.80 bits per heavy atom. The Labute approximate surface area is 150 Å². The van der Waals surface area contributed by atoms with Crippen LogP contribution in [-0.4, -0.2) is 45.5 Å². The highest BCUT2D eigenvalue weighted by atomic mass is 31.1. The Bertz CT molecular complexity index is 550. The van der Waals surface area contributed by atoms with Gasteiger partial charge in [0.25, 0.3) is 0 Å². The minimum atomic E-state index is -1.72. The van der Waals surface area contributed by atoms with Gasteiger partial charge in [0.2, 0.25) is 5.91 Å². The molecule has 0 aliphatic heterocycles. The van der Waals surface area contributed by atoms with Crippen LogP contribution < -0.4 is 5.32 Å². The fourth-order valence-electron chi connectivity index (χ4n) is 2.61. The third kappa shape index (κ3) is 7.51. The van der Waals surface area contributed by atoms with Crippen molar-refractivity contribution in [3.63, 3.8) is 0 Å². The third-order valence-corrected chi connectivity index (χ3v) is 5.11. The molecular formula is C18H28NO5P. The van der Waals surface area contributed by atoms with Crippen LogP contribution in [0.1, 0.15) is 32.3 Å². The third-order valence-electron chi connectivity index (χ3n) is 3.99. The fourth-order valence-corrected chi connectivity index (χ4v) is 3.42. The van der Waals surface area contributed by atoms with E-state index in [4.69, 9.17) is 0 Å². The standard InChI is InChI=1S/C18H28NO5P/c1-12(2)11-15(17(21)22)19-16(20)14(18(23)25(3)24)10-9-13-7-5-4-6-8-13/h4-8,12,14-15,18,23-24H,9-11H2,1-3H3,(H,19,20)(H,21,22)/t14?,15-,18?,25?/m0/s1. The number of rotatable bonds is 10. The normalized spacial score (nSPS) is 16.1. The number of aliphatic hydroxyl groups excluding tert-OH is 1. The van der Waals surface area contributed by atoms with Crippen molar-refractivity contribution in [2.75, 3.05) is 6.66 Å². The molecule has 0 aliphatic rings. The molecule has 0 spiro atoms. The summed E-state index contributed by atoms with van der Waals surface area (Å²) in [5.74, 6) is -3.56. The average molecular weight is 369 g/mol. The first kappa shape index (κ1) is 21.6. The van der Waals surface area contributed by atoms with Crippen LogP contribution in [0, 0.1) is 11.8 Å². The van der Waals surface area contributed by atoms with E-state index in [1.165, 1.54) is 6.66 Å². The number of hydrogen-bond acceptors (Lipinski definition) is 4. The lowest BCUT2D eigenvalue weighted by Crippen LogP contribution is -2.46. The summed E-state index contributed by atoms with van der Waals surface area (Å²) in [6.45, 7) is 5.23. The summed E-state index contributed by atoms with van der Waals surface area (Å²) in [6.07, 6.45) is 1.20. The number of carbonyl (C=O) groups excluding carboxylic acids is 1. The summed E-state index contributed by atoms with van der Waals surface area (Å²) in [4.78, 5) is 33.7. The number of aryl methyl sites for hydroxylation is 1. The van der Waals surface area contributed by atoms with Crippen molar-refractivity contribution in [1.82, 2.24) is 5.32 Å². The molecule has 4 atom stereocenters. The van der Waals surface area contributed by atoms with Crippen LogP contribution in [0.2, 0.25) is 0 Å². The molecule has 1 aromatic carbocycles. The summed E-state index contributed by atoms with van der Waals surface area (Å²) >= 11 is 0. The van der Waals surface area contributed by atoms with Crippen molar-refractivity contribution in [1.29, 1.82) is 0 Å². The maximum atomic E-state index is 12.6. The molecule has 0 fully saturated rings. The monoisotopic (exact) mass is 369 g/mol. The van der Waals surface area contributed by atoms with Crippen LogP contribution in [0.25, 0.3) is 0 Å². The highest BCUT2D eigenvalue weighted by molar-refractivity contribution is 7.51. The second-order valence-corrected chi connectivity index (χ2v) is 8.32. The number of aliphatic hydroxyl groups is 1. The molecule has 6 nitrogen and oxygen atoms in total. The zero-order valence-electron chi connectivity index (χ0n) is 14.9. The van der Waals surface area contributed by atoms with Gasteiger partial charge in [-0.1, -0.05) is 44.2 Å². The number of amides is 1. The van der Waals surface area contributed by atoms with Crippen molar-refractivity contribution < 1.29 is 24.7 Å². The molecule has 25 heavy (non-hydrogen) atoms. The molecule has 0 heterocycles. The van der Waals surface area contributed by atoms with E-state index in [2.05, 4.69) is 5.32 Å². The molecule has 0 bridgehead atoms. The second-order valence-electron chi connectivity index (χ2n) is 6.65. The molecule has 0 saturated carbocycles. The Morgan fingerprint density at radius 3 is 2.28 bits per heavy atom. The van der Waals surface area contributed by atoms with Gasteiger partial charge in [-0.3, -0.25) is 4.79 Å². The number of carbonyl (C=O) groups is 2. The first-order valence-corrected chi connectivity index (χ1v) is 10.2. The van der Waals surface area contributed by atoms with Gasteiger partial charge in [0.05, 0.1) is 14.1 Å². The van der Waals surface area contributed by atoms with E-state index in [9.17, 15) is 24.7 Å². The summed E-state index contributed by atoms with van der Waals surface area (Å²) in [7, 11) is -1.72. The largest absolute Gasteiger partial charge is 0.480 e. The summed E-state index contributed by atoms with van der Waals surface area (Å²) in [6, 6.07) is 8.53. The number of carboxylic acid groups (broad SMARTS) is 1. The van der Waals surface area contributed by atoms with Gasteiger partial charge in [0, 0.05) is 0 Å². The van der Waals surface area contributed by atoms with Crippen LogP contribution in [0.3, 0.4) is 0 Å². The van der Waals surface area contributed by atoms with Gasteiger partial charge in [-0.05, 0) is 37.4 Å². The molecule has 1 amide bonds. The van der Waals surface area contributed by atoms with E-state index >= 15 is 0 Å². The van der Waals surface area contributed by atoms with Crippen LogP contribution in [-0.2, 0) is 16.0 Å². The predicted molar refractivity (Wildman–Crippen MR) is 98.3 cm³/mol. The number of benzene rings is 1. The molecule has 140 valence electrons. The van der Waals surface area contributed by atoms with E-state index < -0.39 is 37.8 Å². The van der Waals surface area contributed by atoms with Gasteiger partial charge in [0.15, 0.2) is 0 Å². The van der Waals surface area contributed by atoms with Crippen LogP contribution in [0.4, 0.5) is 0 Å². The maximum Gasteiger partial charge on any atom is 0.326 e. The predicted octanol–water partition coefficient (Wildman–Crippen LogP) is 2.19. The molecule has 0 saturated heterocycles. The fraction of sp³-hybridized carbons (Fsp3) is 0.556. The van der Waals surface area contributed by atoms with Gasteiger partial charge in [-0.15, -0.1) is 0 Å². The molecule has 7 heteroatoms. The van der Waals surface area contributed by atoms with Gasteiger partial charge in [-0.2, -0.15) is 0 Å². The lowest BCUT2D eigenvalue weighted by atomic mass is 9.97. The van der Waals surface area contributed by atoms with Crippen LogP contribution in [0.5, 0.6) is 0 Å². The lowest BCUT2D eigenvalue weighted by Gasteiger charge is -2.26. The maximum absolute atomic E-state index is 12.6. The SMILES string of the molecule is CC(C)C[C@H](NC(=O)C(CCc1ccccc1)C(O)P(C)O)C(=O)O. The second kappa shape index (κ2) is 10.5. The Balaban J connectivity index is 2.83. The highest BCUT2D eigenvalue weighted by Crippen LogP contribution is 2.36. The summed E-state index contributed by atoms with van der Waals surface area (Å²) in [5.41, 5.74) is 1.02. The Morgan fingerprint density at radius 1 is 1.20 bits per heavy atom. The van der Waals surface area contributed by atoms with Gasteiger partial charge in [0.1, 0.15) is 11.9 Å². The van der Waals surface area contributed by atoms with Crippen molar-refractivity contribution in [3.8, 4) is 0 Å². The van der Waals surface area contributed by atoms with Crippen molar-refractivity contribution in [2.45, 2.75) is 45.0 Å². The van der Waals surface area contributed by atoms with Crippen LogP contribution >= 0.6 is 8.15 Å². The average Bonchev–Trinajstić information content (AvgIpc) is 2.54. The zero-order valence-corrected chi connectivity index (χ0v) is 15.8. The first-order valence-electron chi connectivity index (χ1n) is 8.39. The molecule has 0 radical (unpaired) electrons. The quantitative estimate of drug-likeness (QED) is 0.473. The van der Waals surface area contributed by atoms with E-state index in [0.29, 0.717) is 19.3 Å². The minimum Gasteiger partial charge on any atom is -0.480 e. The van der Waals surface area contributed by atoms with E-state index in [-0.39, 0.29) is 5.92 Å².